The van der Waals surface area contributed by atoms with Crippen LogP contribution in [-0.2, 0) is 6.42 Å². The third-order valence-corrected chi connectivity index (χ3v) is 3.89. The minimum absolute atomic E-state index is 0.627. The molecule has 0 atom stereocenters. The number of ether oxygens (including phenoxy) is 2. The van der Waals surface area contributed by atoms with Gasteiger partial charge < -0.3 is 19.7 Å². The summed E-state index contributed by atoms with van der Waals surface area (Å²) < 4.78 is 10.6. The molecule has 1 aliphatic rings. The van der Waals surface area contributed by atoms with Crippen LogP contribution in [0, 0.1) is 0 Å². The molecule has 4 nitrogen and oxygen atoms in total. The van der Waals surface area contributed by atoms with E-state index in [-0.39, 0.29) is 0 Å². The van der Waals surface area contributed by atoms with E-state index in [0.717, 1.165) is 44.7 Å². The lowest BCUT2D eigenvalue weighted by atomic mass is 10.1. The first-order chi connectivity index (χ1) is 9.26. The van der Waals surface area contributed by atoms with Crippen molar-refractivity contribution in [3.8, 4) is 11.5 Å². The van der Waals surface area contributed by atoms with E-state index in [9.17, 15) is 0 Å². The largest absolute Gasteiger partial charge is 0.493 e. The number of methoxy groups -OCH3 is 2. The van der Waals surface area contributed by atoms with Crippen LogP contribution >= 0.6 is 11.6 Å². The number of benzene rings is 1. The third-order valence-electron chi connectivity index (χ3n) is 3.47. The summed E-state index contributed by atoms with van der Waals surface area (Å²) in [6.45, 7) is 5.37. The van der Waals surface area contributed by atoms with Crippen LogP contribution < -0.4 is 14.8 Å². The summed E-state index contributed by atoms with van der Waals surface area (Å²) in [4.78, 5) is 2.45. The quantitative estimate of drug-likeness (QED) is 0.894. The average Bonchev–Trinajstić information content (AvgIpc) is 2.46. The maximum atomic E-state index is 6.37. The van der Waals surface area contributed by atoms with E-state index in [1.165, 1.54) is 0 Å². The first-order valence-electron chi connectivity index (χ1n) is 6.58. The van der Waals surface area contributed by atoms with Gasteiger partial charge in [-0.25, -0.2) is 0 Å². The Labute approximate surface area is 119 Å². The van der Waals surface area contributed by atoms with Crippen molar-refractivity contribution in [3.63, 3.8) is 0 Å². The van der Waals surface area contributed by atoms with Crippen molar-refractivity contribution in [1.82, 2.24) is 10.2 Å². The molecule has 106 valence electrons. The van der Waals surface area contributed by atoms with Gasteiger partial charge >= 0.3 is 0 Å². The predicted octanol–water partition coefficient (Wildman–Crippen LogP) is 1.80. The van der Waals surface area contributed by atoms with Crippen molar-refractivity contribution in [2.75, 3.05) is 46.9 Å². The fraction of sp³-hybridized carbons (Fsp3) is 0.571. The molecule has 1 aromatic carbocycles. The number of nitrogens with zero attached hydrogens (tertiary/aromatic N) is 1. The van der Waals surface area contributed by atoms with E-state index < -0.39 is 0 Å². The Morgan fingerprint density at radius 1 is 1.21 bits per heavy atom. The number of hydrogen-bond donors (Lipinski definition) is 1. The predicted molar refractivity (Wildman–Crippen MR) is 77.6 cm³/mol. The van der Waals surface area contributed by atoms with E-state index >= 15 is 0 Å². The maximum Gasteiger partial charge on any atom is 0.179 e. The molecule has 1 aromatic rings. The highest BCUT2D eigenvalue weighted by Gasteiger charge is 2.15. The number of hydrogen-bond acceptors (Lipinski definition) is 4. The molecule has 1 saturated heterocycles. The highest BCUT2D eigenvalue weighted by molar-refractivity contribution is 6.33. The van der Waals surface area contributed by atoms with Crippen molar-refractivity contribution in [3.05, 3.63) is 22.7 Å². The lowest BCUT2D eigenvalue weighted by molar-refractivity contribution is 0.244. The SMILES string of the molecule is COc1ccc(CCN2CCNCC2)c(Cl)c1OC. The molecule has 0 amide bonds. The first-order valence-corrected chi connectivity index (χ1v) is 6.96. The van der Waals surface area contributed by atoms with Crippen molar-refractivity contribution >= 4 is 11.6 Å². The molecular weight excluding hydrogens is 264 g/mol. The lowest BCUT2D eigenvalue weighted by Crippen LogP contribution is -2.44. The summed E-state index contributed by atoms with van der Waals surface area (Å²) in [5, 5.41) is 4.02. The molecular formula is C14H21ClN2O2. The molecule has 1 heterocycles. The molecule has 1 aliphatic heterocycles. The van der Waals surface area contributed by atoms with Gasteiger partial charge in [-0.1, -0.05) is 17.7 Å². The third kappa shape index (κ3) is 3.53. The first kappa shape index (κ1) is 14.4. The molecule has 19 heavy (non-hydrogen) atoms. The van der Waals surface area contributed by atoms with Crippen LogP contribution in [0.25, 0.3) is 0 Å². The second-order valence-electron chi connectivity index (χ2n) is 4.62. The molecule has 0 spiro atoms. The van der Waals surface area contributed by atoms with E-state index in [1.807, 2.05) is 12.1 Å². The van der Waals surface area contributed by atoms with Gasteiger partial charge in [0.1, 0.15) is 0 Å². The van der Waals surface area contributed by atoms with Gasteiger partial charge in [0.05, 0.1) is 19.2 Å². The summed E-state index contributed by atoms with van der Waals surface area (Å²) in [6.07, 6.45) is 0.930. The van der Waals surface area contributed by atoms with Gasteiger partial charge in [-0.05, 0) is 18.1 Å². The monoisotopic (exact) mass is 284 g/mol. The zero-order valence-corrected chi connectivity index (χ0v) is 12.3. The molecule has 1 fully saturated rings. The topological polar surface area (TPSA) is 33.7 Å². The lowest BCUT2D eigenvalue weighted by Gasteiger charge is -2.27. The summed E-state index contributed by atoms with van der Waals surface area (Å²) in [5.41, 5.74) is 1.11. The Morgan fingerprint density at radius 2 is 1.95 bits per heavy atom. The molecule has 1 N–H and O–H groups in total. The molecule has 0 saturated carbocycles. The van der Waals surface area contributed by atoms with Crippen molar-refractivity contribution < 1.29 is 9.47 Å². The van der Waals surface area contributed by atoms with Crippen LogP contribution in [0.15, 0.2) is 12.1 Å². The second kappa shape index (κ2) is 6.98. The average molecular weight is 285 g/mol. The minimum Gasteiger partial charge on any atom is -0.493 e. The summed E-state index contributed by atoms with van der Waals surface area (Å²) in [6, 6.07) is 3.93. The number of nitrogens with one attached hydrogen (secondary N) is 1. The highest BCUT2D eigenvalue weighted by Crippen LogP contribution is 2.37. The van der Waals surface area contributed by atoms with Crippen molar-refractivity contribution in [2.45, 2.75) is 6.42 Å². The van der Waals surface area contributed by atoms with Crippen LogP contribution in [0.3, 0.4) is 0 Å². The fourth-order valence-electron chi connectivity index (χ4n) is 2.34. The molecule has 0 radical (unpaired) electrons. The van der Waals surface area contributed by atoms with Gasteiger partial charge in [0.15, 0.2) is 11.5 Å². The Hall–Kier alpha value is -0.970. The van der Waals surface area contributed by atoms with Gasteiger partial charge in [0, 0.05) is 32.7 Å². The van der Waals surface area contributed by atoms with Gasteiger partial charge in [0.25, 0.3) is 0 Å². The Balaban J connectivity index is 2.03. The van der Waals surface area contributed by atoms with Crippen molar-refractivity contribution in [1.29, 1.82) is 0 Å². The zero-order chi connectivity index (χ0) is 13.7. The zero-order valence-electron chi connectivity index (χ0n) is 11.5. The number of piperazine rings is 1. The molecule has 5 heteroatoms. The highest BCUT2D eigenvalue weighted by atomic mass is 35.5. The fourth-order valence-corrected chi connectivity index (χ4v) is 2.66. The van der Waals surface area contributed by atoms with Crippen LogP contribution in [0.5, 0.6) is 11.5 Å². The van der Waals surface area contributed by atoms with Crippen LogP contribution in [0.4, 0.5) is 0 Å². The van der Waals surface area contributed by atoms with Gasteiger partial charge in [-0.15, -0.1) is 0 Å². The second-order valence-corrected chi connectivity index (χ2v) is 4.99. The normalized spacial score (nSPS) is 16.4. The van der Waals surface area contributed by atoms with Crippen molar-refractivity contribution in [2.24, 2.45) is 0 Å². The molecule has 0 aliphatic carbocycles. The van der Waals surface area contributed by atoms with Crippen LogP contribution in [-0.4, -0.2) is 51.8 Å². The summed E-state index contributed by atoms with van der Waals surface area (Å²) in [5.74, 6) is 1.31. The Kier molecular flexibility index (Phi) is 5.31. The number of rotatable bonds is 5. The van der Waals surface area contributed by atoms with Gasteiger partial charge in [0.2, 0.25) is 0 Å². The van der Waals surface area contributed by atoms with Gasteiger partial charge in [-0.2, -0.15) is 0 Å². The Morgan fingerprint density at radius 3 is 2.58 bits per heavy atom. The van der Waals surface area contributed by atoms with Crippen LogP contribution in [0.2, 0.25) is 5.02 Å². The molecule has 0 unspecified atom stereocenters. The molecule has 0 bridgehead atoms. The van der Waals surface area contributed by atoms with E-state index in [0.29, 0.717) is 16.5 Å². The number of halogens is 1. The van der Waals surface area contributed by atoms with E-state index in [2.05, 4.69) is 10.2 Å². The standard InChI is InChI=1S/C14H21ClN2O2/c1-18-12-4-3-11(13(15)14(12)19-2)5-8-17-9-6-16-7-10-17/h3-4,16H,5-10H2,1-2H3. The van der Waals surface area contributed by atoms with E-state index in [4.69, 9.17) is 21.1 Å². The van der Waals surface area contributed by atoms with Gasteiger partial charge in [-0.3, -0.25) is 0 Å². The van der Waals surface area contributed by atoms with E-state index in [1.54, 1.807) is 14.2 Å². The van der Waals surface area contributed by atoms with Crippen LogP contribution in [0.1, 0.15) is 5.56 Å². The Bertz CT molecular complexity index is 420. The molecule has 2 rings (SSSR count). The summed E-state index contributed by atoms with van der Waals surface area (Å²) in [7, 11) is 3.23. The summed E-state index contributed by atoms with van der Waals surface area (Å²) >= 11 is 6.37. The molecule has 0 aromatic heterocycles. The smallest absolute Gasteiger partial charge is 0.179 e. The maximum absolute atomic E-state index is 6.37. The minimum atomic E-state index is 0.627.